The third kappa shape index (κ3) is 4.71. The lowest BCUT2D eigenvalue weighted by Crippen LogP contribution is -2.19. The molecule has 0 atom stereocenters. The summed E-state index contributed by atoms with van der Waals surface area (Å²) < 4.78 is 21.2. The van der Waals surface area contributed by atoms with E-state index in [1.54, 1.807) is 10.7 Å². The van der Waals surface area contributed by atoms with Crippen LogP contribution in [0.3, 0.4) is 0 Å². The number of rotatable bonds is 9. The number of carbonyl (C=O) groups is 1. The van der Waals surface area contributed by atoms with E-state index in [-0.39, 0.29) is 17.8 Å². The molecular weight excluding hydrogens is 363 g/mol. The Kier molecular flexibility index (Phi) is 6.33. The monoisotopic (exact) mass is 386 g/mol. The Balaban J connectivity index is 1.85. The van der Waals surface area contributed by atoms with Crippen LogP contribution in [-0.2, 0) is 17.7 Å². The first-order valence-corrected chi connectivity index (χ1v) is 8.99. The van der Waals surface area contributed by atoms with Gasteiger partial charge >= 0.3 is 5.97 Å². The summed E-state index contributed by atoms with van der Waals surface area (Å²) in [5, 5.41) is 14.6. The molecule has 0 spiro atoms. The number of nitrogens with zero attached hydrogens (tertiary/aromatic N) is 4. The van der Waals surface area contributed by atoms with Crippen LogP contribution < -0.4 is 0 Å². The molecule has 8 heteroatoms. The number of hydrogen-bond acceptors (Lipinski definition) is 5. The summed E-state index contributed by atoms with van der Waals surface area (Å²) >= 11 is 0. The maximum atomic E-state index is 13.8. The molecule has 0 aliphatic carbocycles. The zero-order chi connectivity index (χ0) is 20.1. The number of ether oxygens (including phenoxy) is 1. The maximum absolute atomic E-state index is 13.8. The van der Waals surface area contributed by atoms with Crippen molar-refractivity contribution in [3.05, 3.63) is 59.3 Å². The van der Waals surface area contributed by atoms with Crippen molar-refractivity contribution in [3.8, 4) is 0 Å². The summed E-state index contributed by atoms with van der Waals surface area (Å²) in [6.45, 7) is 2.45. The van der Waals surface area contributed by atoms with E-state index in [0.29, 0.717) is 36.4 Å². The van der Waals surface area contributed by atoms with Crippen molar-refractivity contribution in [3.63, 3.8) is 0 Å². The van der Waals surface area contributed by atoms with E-state index in [9.17, 15) is 14.3 Å². The highest BCUT2D eigenvalue weighted by molar-refractivity contribution is 5.89. The highest BCUT2D eigenvalue weighted by Gasteiger charge is 2.16. The Labute approximate surface area is 162 Å². The van der Waals surface area contributed by atoms with Gasteiger partial charge in [0.2, 0.25) is 0 Å². The van der Waals surface area contributed by atoms with Gasteiger partial charge in [-0.05, 0) is 43.9 Å². The minimum atomic E-state index is -1.03. The lowest BCUT2D eigenvalue weighted by molar-refractivity contribution is 0.0695. The van der Waals surface area contributed by atoms with Gasteiger partial charge in [0.15, 0.2) is 0 Å². The van der Waals surface area contributed by atoms with Gasteiger partial charge in [0.05, 0.1) is 36.5 Å². The standard InChI is InChI=1S/C20H23FN4O3/c1-24(2)7-9-28-10-8-25-19-4-3-15(21)12-17(19)18(23-25)11-14-13-22-6-5-16(14)20(26)27/h3-6,12-13H,7-11H2,1-2H3,(H,26,27). The molecule has 0 bridgehead atoms. The van der Waals surface area contributed by atoms with Crippen LogP contribution in [0.5, 0.6) is 0 Å². The van der Waals surface area contributed by atoms with Crippen LogP contribution in [0.25, 0.3) is 10.9 Å². The van der Waals surface area contributed by atoms with Crippen molar-refractivity contribution in [2.45, 2.75) is 13.0 Å². The Bertz CT molecular complexity index is 971. The number of aromatic nitrogens is 3. The second-order valence-electron chi connectivity index (χ2n) is 6.76. The molecule has 1 aromatic carbocycles. The first kappa shape index (κ1) is 19.9. The van der Waals surface area contributed by atoms with Gasteiger partial charge in [-0.1, -0.05) is 0 Å². The van der Waals surface area contributed by atoms with Crippen molar-refractivity contribution in [1.82, 2.24) is 19.7 Å². The van der Waals surface area contributed by atoms with E-state index in [1.807, 2.05) is 19.0 Å². The summed E-state index contributed by atoms with van der Waals surface area (Å²) in [6, 6.07) is 5.96. The SMILES string of the molecule is CN(C)CCOCCn1nc(Cc2cnccc2C(=O)O)c2cc(F)ccc21. The zero-order valence-corrected chi connectivity index (χ0v) is 15.9. The molecule has 2 heterocycles. The number of carboxylic acids is 1. The molecule has 0 aliphatic rings. The number of likely N-dealkylation sites (N-methyl/N-ethyl adjacent to an activating group) is 1. The van der Waals surface area contributed by atoms with Crippen LogP contribution in [0.4, 0.5) is 4.39 Å². The van der Waals surface area contributed by atoms with Gasteiger partial charge in [-0.25, -0.2) is 9.18 Å². The number of fused-ring (bicyclic) bond motifs is 1. The van der Waals surface area contributed by atoms with Gasteiger partial charge < -0.3 is 14.7 Å². The van der Waals surface area contributed by atoms with Gasteiger partial charge in [0.1, 0.15) is 5.82 Å². The molecule has 0 amide bonds. The highest BCUT2D eigenvalue weighted by atomic mass is 19.1. The van der Waals surface area contributed by atoms with E-state index in [0.717, 1.165) is 12.1 Å². The largest absolute Gasteiger partial charge is 0.478 e. The number of aromatic carboxylic acids is 1. The topological polar surface area (TPSA) is 80.5 Å². The first-order chi connectivity index (χ1) is 13.5. The Hall–Kier alpha value is -2.84. The molecule has 0 saturated heterocycles. The molecule has 28 heavy (non-hydrogen) atoms. The van der Waals surface area contributed by atoms with E-state index in [1.165, 1.54) is 30.6 Å². The predicted molar refractivity (Wildman–Crippen MR) is 103 cm³/mol. The van der Waals surface area contributed by atoms with Crippen molar-refractivity contribution < 1.29 is 19.0 Å². The third-order valence-electron chi connectivity index (χ3n) is 4.41. The van der Waals surface area contributed by atoms with E-state index in [4.69, 9.17) is 4.74 Å². The molecule has 7 nitrogen and oxygen atoms in total. The molecule has 0 unspecified atom stereocenters. The minimum absolute atomic E-state index is 0.168. The molecule has 2 aromatic heterocycles. The summed E-state index contributed by atoms with van der Waals surface area (Å²) in [5.74, 6) is -1.39. The van der Waals surface area contributed by atoms with Gasteiger partial charge in [0, 0.05) is 30.7 Å². The lowest BCUT2D eigenvalue weighted by Gasteiger charge is -2.10. The van der Waals surface area contributed by atoms with Crippen LogP contribution >= 0.6 is 0 Å². The number of hydrogen-bond donors (Lipinski definition) is 1. The smallest absolute Gasteiger partial charge is 0.336 e. The quantitative estimate of drug-likeness (QED) is 0.569. The molecule has 0 radical (unpaired) electrons. The minimum Gasteiger partial charge on any atom is -0.478 e. The van der Waals surface area contributed by atoms with Crippen LogP contribution in [0.15, 0.2) is 36.7 Å². The summed E-state index contributed by atoms with van der Waals surface area (Å²) in [6.07, 6.45) is 3.20. The molecule has 148 valence electrons. The second-order valence-corrected chi connectivity index (χ2v) is 6.76. The van der Waals surface area contributed by atoms with Gasteiger partial charge in [-0.15, -0.1) is 0 Å². The molecule has 0 aliphatic heterocycles. The van der Waals surface area contributed by atoms with Gasteiger partial charge in [0.25, 0.3) is 0 Å². The summed E-state index contributed by atoms with van der Waals surface area (Å²) in [5.41, 5.74) is 2.10. The summed E-state index contributed by atoms with van der Waals surface area (Å²) in [4.78, 5) is 17.5. The molecule has 3 aromatic rings. The van der Waals surface area contributed by atoms with Crippen LogP contribution in [0.1, 0.15) is 21.6 Å². The fourth-order valence-electron chi connectivity index (χ4n) is 2.98. The fourth-order valence-corrected chi connectivity index (χ4v) is 2.98. The Morgan fingerprint density at radius 3 is 2.86 bits per heavy atom. The van der Waals surface area contributed by atoms with E-state index < -0.39 is 5.97 Å². The molecule has 0 saturated carbocycles. The van der Waals surface area contributed by atoms with Gasteiger partial charge in [-0.3, -0.25) is 9.67 Å². The average Bonchev–Trinajstić information content (AvgIpc) is 2.98. The highest BCUT2D eigenvalue weighted by Crippen LogP contribution is 2.23. The predicted octanol–water partition coefficient (Wildman–Crippen LogP) is 2.44. The lowest BCUT2D eigenvalue weighted by atomic mass is 10.0. The van der Waals surface area contributed by atoms with E-state index >= 15 is 0 Å². The van der Waals surface area contributed by atoms with Crippen molar-refractivity contribution in [1.29, 1.82) is 0 Å². The second kappa shape index (κ2) is 8.90. The normalized spacial score (nSPS) is 11.4. The number of pyridine rings is 1. The maximum Gasteiger partial charge on any atom is 0.336 e. The van der Waals surface area contributed by atoms with Gasteiger partial charge in [-0.2, -0.15) is 5.10 Å². The zero-order valence-electron chi connectivity index (χ0n) is 15.9. The third-order valence-corrected chi connectivity index (χ3v) is 4.41. The van der Waals surface area contributed by atoms with Crippen LogP contribution in [-0.4, -0.2) is 64.6 Å². The van der Waals surface area contributed by atoms with E-state index in [2.05, 4.69) is 10.1 Å². The fraction of sp³-hybridized carbons (Fsp3) is 0.350. The average molecular weight is 386 g/mol. The van der Waals surface area contributed by atoms with Crippen molar-refractivity contribution in [2.24, 2.45) is 0 Å². The van der Waals surface area contributed by atoms with Crippen LogP contribution in [0, 0.1) is 5.82 Å². The molecule has 1 N–H and O–H groups in total. The number of benzene rings is 1. The Morgan fingerprint density at radius 2 is 2.11 bits per heavy atom. The Morgan fingerprint density at radius 1 is 1.29 bits per heavy atom. The van der Waals surface area contributed by atoms with Crippen LogP contribution in [0.2, 0.25) is 0 Å². The number of halogens is 1. The number of carboxylic acid groups (broad SMARTS) is 1. The van der Waals surface area contributed by atoms with Crippen molar-refractivity contribution >= 4 is 16.9 Å². The molecular formula is C20H23FN4O3. The first-order valence-electron chi connectivity index (χ1n) is 8.99. The summed E-state index contributed by atoms with van der Waals surface area (Å²) in [7, 11) is 3.96. The van der Waals surface area contributed by atoms with Crippen molar-refractivity contribution in [2.75, 3.05) is 33.9 Å². The molecule has 3 rings (SSSR count). The molecule has 0 fully saturated rings.